The standard InChI is InChI=1S/C13H24O2/c1-2-3-4-5-6-8-12(14)11-13-9-7-10-15-13/h13H,2-11H2,1H3. The molecule has 0 aromatic carbocycles. The molecule has 0 radical (unpaired) electrons. The molecule has 0 aliphatic carbocycles. The van der Waals surface area contributed by atoms with Gasteiger partial charge in [-0.05, 0) is 19.3 Å². The summed E-state index contributed by atoms with van der Waals surface area (Å²) in [6, 6.07) is 0. The summed E-state index contributed by atoms with van der Waals surface area (Å²) in [6.45, 7) is 3.07. The lowest BCUT2D eigenvalue weighted by Crippen LogP contribution is -2.12. The van der Waals surface area contributed by atoms with Gasteiger partial charge in [-0.25, -0.2) is 0 Å². The van der Waals surface area contributed by atoms with Crippen LogP contribution < -0.4 is 0 Å². The van der Waals surface area contributed by atoms with E-state index < -0.39 is 0 Å². The Morgan fingerprint density at radius 1 is 1.27 bits per heavy atom. The lowest BCUT2D eigenvalue weighted by molar-refractivity contribution is -0.121. The van der Waals surface area contributed by atoms with Crippen molar-refractivity contribution >= 4 is 5.78 Å². The van der Waals surface area contributed by atoms with E-state index in [1.165, 1.54) is 25.7 Å². The number of ketones is 1. The summed E-state index contributed by atoms with van der Waals surface area (Å²) in [4.78, 5) is 11.6. The van der Waals surface area contributed by atoms with E-state index >= 15 is 0 Å². The van der Waals surface area contributed by atoms with Gasteiger partial charge in [0.1, 0.15) is 5.78 Å². The van der Waals surface area contributed by atoms with Gasteiger partial charge in [0.2, 0.25) is 0 Å². The Bertz CT molecular complexity index is 171. The van der Waals surface area contributed by atoms with Crippen LogP contribution in [0, 0.1) is 0 Å². The Morgan fingerprint density at radius 3 is 2.73 bits per heavy atom. The van der Waals surface area contributed by atoms with E-state index in [0.717, 1.165) is 32.3 Å². The lowest BCUT2D eigenvalue weighted by Gasteiger charge is -2.07. The highest BCUT2D eigenvalue weighted by atomic mass is 16.5. The number of carbonyl (C=O) groups is 1. The summed E-state index contributed by atoms with van der Waals surface area (Å²) in [5.41, 5.74) is 0. The molecule has 0 bridgehead atoms. The quantitative estimate of drug-likeness (QED) is 0.576. The molecule has 0 amide bonds. The molecular formula is C13H24O2. The molecule has 1 heterocycles. The third kappa shape index (κ3) is 5.93. The molecule has 1 fully saturated rings. The molecule has 1 rings (SSSR count). The van der Waals surface area contributed by atoms with Crippen LogP contribution in [-0.4, -0.2) is 18.5 Å². The molecule has 2 heteroatoms. The van der Waals surface area contributed by atoms with Gasteiger partial charge in [-0.2, -0.15) is 0 Å². The minimum absolute atomic E-state index is 0.244. The van der Waals surface area contributed by atoms with Gasteiger partial charge in [0.25, 0.3) is 0 Å². The van der Waals surface area contributed by atoms with Crippen LogP contribution in [0.15, 0.2) is 0 Å². The summed E-state index contributed by atoms with van der Waals surface area (Å²) in [5, 5.41) is 0. The van der Waals surface area contributed by atoms with E-state index in [1.54, 1.807) is 0 Å². The van der Waals surface area contributed by atoms with Gasteiger partial charge in [0, 0.05) is 19.4 Å². The van der Waals surface area contributed by atoms with E-state index in [-0.39, 0.29) is 6.10 Å². The second-order valence-electron chi connectivity index (χ2n) is 4.54. The van der Waals surface area contributed by atoms with Gasteiger partial charge >= 0.3 is 0 Å². The van der Waals surface area contributed by atoms with E-state index in [2.05, 4.69) is 6.92 Å². The monoisotopic (exact) mass is 212 g/mol. The average Bonchev–Trinajstić information content (AvgIpc) is 2.70. The van der Waals surface area contributed by atoms with Crippen molar-refractivity contribution in [2.45, 2.75) is 70.8 Å². The van der Waals surface area contributed by atoms with Crippen molar-refractivity contribution in [1.82, 2.24) is 0 Å². The van der Waals surface area contributed by atoms with Gasteiger partial charge < -0.3 is 4.74 Å². The minimum Gasteiger partial charge on any atom is -0.378 e. The maximum absolute atomic E-state index is 11.6. The second-order valence-corrected chi connectivity index (χ2v) is 4.54. The molecule has 1 atom stereocenters. The lowest BCUT2D eigenvalue weighted by atomic mass is 10.0. The Balaban J connectivity index is 1.93. The van der Waals surface area contributed by atoms with Gasteiger partial charge in [-0.15, -0.1) is 0 Å². The molecule has 1 aliphatic rings. The summed E-state index contributed by atoms with van der Waals surface area (Å²) in [7, 11) is 0. The first-order chi connectivity index (χ1) is 7.33. The molecule has 15 heavy (non-hydrogen) atoms. The fourth-order valence-corrected chi connectivity index (χ4v) is 2.09. The first-order valence-corrected chi connectivity index (χ1v) is 6.46. The number of unbranched alkanes of at least 4 members (excludes halogenated alkanes) is 4. The molecule has 0 aromatic rings. The fourth-order valence-electron chi connectivity index (χ4n) is 2.09. The van der Waals surface area contributed by atoms with Gasteiger partial charge in [0.05, 0.1) is 6.10 Å². The van der Waals surface area contributed by atoms with Crippen molar-refractivity contribution in [2.75, 3.05) is 6.61 Å². The van der Waals surface area contributed by atoms with Crippen LogP contribution in [0.4, 0.5) is 0 Å². The molecule has 1 saturated heterocycles. The predicted octanol–water partition coefficient (Wildman–Crippen LogP) is 3.49. The first kappa shape index (κ1) is 12.7. The third-order valence-electron chi connectivity index (χ3n) is 3.04. The Morgan fingerprint density at radius 2 is 2.07 bits per heavy atom. The van der Waals surface area contributed by atoms with E-state index in [1.807, 2.05) is 0 Å². The minimum atomic E-state index is 0.244. The first-order valence-electron chi connectivity index (χ1n) is 6.46. The zero-order valence-electron chi connectivity index (χ0n) is 9.96. The molecule has 88 valence electrons. The predicted molar refractivity (Wildman–Crippen MR) is 62.0 cm³/mol. The van der Waals surface area contributed by atoms with Crippen LogP contribution in [0.25, 0.3) is 0 Å². The van der Waals surface area contributed by atoms with Crippen molar-refractivity contribution in [1.29, 1.82) is 0 Å². The second kappa shape index (κ2) is 7.86. The summed E-state index contributed by atoms with van der Waals surface area (Å²) < 4.78 is 5.45. The Kier molecular flexibility index (Phi) is 6.66. The van der Waals surface area contributed by atoms with E-state index in [9.17, 15) is 4.79 Å². The van der Waals surface area contributed by atoms with Crippen LogP contribution in [0.1, 0.15) is 64.7 Å². The zero-order chi connectivity index (χ0) is 10.9. The smallest absolute Gasteiger partial charge is 0.135 e. The molecule has 1 aliphatic heterocycles. The van der Waals surface area contributed by atoms with Crippen LogP contribution in [-0.2, 0) is 9.53 Å². The van der Waals surface area contributed by atoms with Crippen molar-refractivity contribution in [2.24, 2.45) is 0 Å². The van der Waals surface area contributed by atoms with Crippen molar-refractivity contribution in [3.05, 3.63) is 0 Å². The van der Waals surface area contributed by atoms with E-state index in [0.29, 0.717) is 12.2 Å². The average molecular weight is 212 g/mol. The van der Waals surface area contributed by atoms with Crippen molar-refractivity contribution < 1.29 is 9.53 Å². The highest BCUT2D eigenvalue weighted by molar-refractivity contribution is 5.78. The molecule has 0 aromatic heterocycles. The summed E-state index contributed by atoms with van der Waals surface area (Å²) >= 11 is 0. The van der Waals surface area contributed by atoms with Crippen molar-refractivity contribution in [3.8, 4) is 0 Å². The SMILES string of the molecule is CCCCCCCC(=O)CC1CCCO1. The molecular weight excluding hydrogens is 188 g/mol. The fraction of sp³-hybridized carbons (Fsp3) is 0.923. The molecule has 0 N–H and O–H groups in total. The molecule has 2 nitrogen and oxygen atoms in total. The topological polar surface area (TPSA) is 26.3 Å². The maximum atomic E-state index is 11.6. The Hall–Kier alpha value is -0.370. The highest BCUT2D eigenvalue weighted by Crippen LogP contribution is 2.17. The van der Waals surface area contributed by atoms with Crippen LogP contribution in [0.5, 0.6) is 0 Å². The number of ether oxygens (including phenoxy) is 1. The molecule has 0 saturated carbocycles. The molecule has 1 unspecified atom stereocenters. The van der Waals surface area contributed by atoms with Gasteiger partial charge in [-0.3, -0.25) is 4.79 Å². The number of Topliss-reactive ketones (excluding diaryl/α,β-unsaturated/α-hetero) is 1. The van der Waals surface area contributed by atoms with Gasteiger partial charge in [-0.1, -0.05) is 32.6 Å². The maximum Gasteiger partial charge on any atom is 0.135 e. The normalized spacial score (nSPS) is 20.7. The summed E-state index contributed by atoms with van der Waals surface area (Å²) in [6.07, 6.45) is 10.0. The number of rotatable bonds is 8. The van der Waals surface area contributed by atoms with Crippen LogP contribution in [0.2, 0.25) is 0 Å². The summed E-state index contributed by atoms with van der Waals surface area (Å²) in [5.74, 6) is 0.401. The number of carbonyl (C=O) groups excluding carboxylic acids is 1. The Labute approximate surface area is 93.4 Å². The zero-order valence-corrected chi connectivity index (χ0v) is 9.96. The highest BCUT2D eigenvalue weighted by Gasteiger charge is 2.18. The van der Waals surface area contributed by atoms with Crippen LogP contribution in [0.3, 0.4) is 0 Å². The number of hydrogen-bond donors (Lipinski definition) is 0. The van der Waals surface area contributed by atoms with Crippen LogP contribution >= 0.6 is 0 Å². The third-order valence-corrected chi connectivity index (χ3v) is 3.04. The van der Waals surface area contributed by atoms with Crippen molar-refractivity contribution in [3.63, 3.8) is 0 Å². The molecule has 0 spiro atoms. The van der Waals surface area contributed by atoms with E-state index in [4.69, 9.17) is 4.74 Å². The van der Waals surface area contributed by atoms with Gasteiger partial charge in [0.15, 0.2) is 0 Å². The number of hydrogen-bond acceptors (Lipinski definition) is 2. The largest absolute Gasteiger partial charge is 0.378 e.